The molecule has 31 heavy (non-hydrogen) atoms. The van der Waals surface area contributed by atoms with Gasteiger partial charge in [-0.1, -0.05) is 24.3 Å². The van der Waals surface area contributed by atoms with Gasteiger partial charge in [0.05, 0.1) is 22.8 Å². The first-order valence-electron chi connectivity index (χ1n) is 9.17. The van der Waals surface area contributed by atoms with Gasteiger partial charge in [0.15, 0.2) is 17.5 Å². The fourth-order valence-corrected chi connectivity index (χ4v) is 3.04. The summed E-state index contributed by atoms with van der Waals surface area (Å²) in [5, 5.41) is 32.5. The fraction of sp³-hybridized carbons (Fsp3) is 0. The summed E-state index contributed by atoms with van der Waals surface area (Å²) in [4.78, 5) is 24.3. The molecule has 0 aliphatic heterocycles. The summed E-state index contributed by atoms with van der Waals surface area (Å²) >= 11 is 0. The molecule has 150 valence electrons. The normalized spacial score (nSPS) is 10.3. The summed E-state index contributed by atoms with van der Waals surface area (Å²) in [7, 11) is 0. The third-order valence-corrected chi connectivity index (χ3v) is 4.47. The number of carbonyl (C=O) groups is 1. The molecule has 0 aliphatic carbocycles. The summed E-state index contributed by atoms with van der Waals surface area (Å²) in [5.74, 6) is 0.550. The van der Waals surface area contributed by atoms with Gasteiger partial charge in [0.1, 0.15) is 11.5 Å². The van der Waals surface area contributed by atoms with E-state index in [-0.39, 0.29) is 29.0 Å². The Morgan fingerprint density at radius 3 is 1.87 bits per heavy atom. The predicted octanol–water partition coefficient (Wildman–Crippen LogP) is 3.72. The van der Waals surface area contributed by atoms with E-state index in [1.54, 1.807) is 48.5 Å². The van der Waals surface area contributed by atoms with E-state index in [1.165, 1.54) is 18.2 Å². The largest absolute Gasteiger partial charge is 0.507 e. The Balaban J connectivity index is 1.98. The third-order valence-electron chi connectivity index (χ3n) is 4.47. The van der Waals surface area contributed by atoms with Crippen LogP contribution in [-0.2, 0) is 4.79 Å². The molecule has 8 heteroatoms. The van der Waals surface area contributed by atoms with E-state index in [2.05, 4.69) is 20.3 Å². The van der Waals surface area contributed by atoms with E-state index < -0.39 is 0 Å². The van der Waals surface area contributed by atoms with Crippen LogP contribution in [0.3, 0.4) is 0 Å². The van der Waals surface area contributed by atoms with Crippen molar-refractivity contribution in [3.8, 4) is 51.7 Å². The highest BCUT2D eigenvalue weighted by Gasteiger charge is 2.16. The highest BCUT2D eigenvalue weighted by Crippen LogP contribution is 2.32. The fourth-order valence-electron chi connectivity index (χ4n) is 3.04. The molecule has 0 saturated carbocycles. The number of hydrogen-bond donors (Lipinski definition) is 3. The Hall–Kier alpha value is -4.77. The Kier molecular flexibility index (Phi) is 5.24. The second kappa shape index (κ2) is 8.31. The number of para-hydroxylation sites is 2. The Morgan fingerprint density at radius 2 is 1.35 bits per heavy atom. The van der Waals surface area contributed by atoms with Crippen LogP contribution in [0.4, 0.5) is 5.69 Å². The molecule has 0 radical (unpaired) electrons. The number of benzene rings is 3. The summed E-state index contributed by atoms with van der Waals surface area (Å²) in [6, 6.07) is 19.9. The summed E-state index contributed by atoms with van der Waals surface area (Å²) in [6.45, 7) is 0. The van der Waals surface area contributed by atoms with Crippen molar-refractivity contribution < 1.29 is 15.0 Å². The van der Waals surface area contributed by atoms with Gasteiger partial charge in [-0.25, -0.2) is 15.0 Å². The summed E-state index contributed by atoms with van der Waals surface area (Å²) < 4.78 is 0. The molecule has 0 fully saturated rings. The van der Waals surface area contributed by atoms with Crippen molar-refractivity contribution in [2.45, 2.75) is 0 Å². The molecular weight excluding hydrogens is 394 g/mol. The van der Waals surface area contributed by atoms with Gasteiger partial charge in [-0.05, 0) is 42.5 Å². The van der Waals surface area contributed by atoms with Crippen LogP contribution < -0.4 is 5.32 Å². The zero-order chi connectivity index (χ0) is 21.8. The van der Waals surface area contributed by atoms with Gasteiger partial charge in [0.25, 0.3) is 0 Å². The maximum atomic E-state index is 10.9. The van der Waals surface area contributed by atoms with Crippen molar-refractivity contribution in [3.05, 3.63) is 72.3 Å². The first kappa shape index (κ1) is 19.5. The highest BCUT2D eigenvalue weighted by molar-refractivity contribution is 5.77. The number of anilines is 1. The number of nitrogens with one attached hydrogen (secondary N) is 1. The molecule has 4 rings (SSSR count). The zero-order valence-electron chi connectivity index (χ0n) is 16.0. The number of nitrogens with zero attached hydrogens (tertiary/aromatic N) is 4. The molecule has 3 aromatic carbocycles. The number of carbonyl (C=O) groups excluding carboxylic acids is 1. The van der Waals surface area contributed by atoms with Gasteiger partial charge in [0, 0.05) is 11.3 Å². The van der Waals surface area contributed by atoms with E-state index in [1.807, 2.05) is 6.07 Å². The van der Waals surface area contributed by atoms with Crippen molar-refractivity contribution in [1.82, 2.24) is 15.0 Å². The van der Waals surface area contributed by atoms with Crippen molar-refractivity contribution in [3.63, 3.8) is 0 Å². The van der Waals surface area contributed by atoms with Crippen LogP contribution in [0, 0.1) is 11.3 Å². The summed E-state index contributed by atoms with van der Waals surface area (Å²) in [5.41, 5.74) is 1.92. The number of aromatic hydroxyl groups is 2. The van der Waals surface area contributed by atoms with E-state index in [9.17, 15) is 20.3 Å². The average Bonchev–Trinajstić information content (AvgIpc) is 2.79. The van der Waals surface area contributed by atoms with Crippen molar-refractivity contribution in [2.75, 3.05) is 5.32 Å². The molecule has 1 aromatic heterocycles. The zero-order valence-corrected chi connectivity index (χ0v) is 16.0. The number of rotatable bonds is 5. The van der Waals surface area contributed by atoms with Crippen LogP contribution in [-0.4, -0.2) is 31.6 Å². The van der Waals surface area contributed by atoms with Crippen LogP contribution in [0.25, 0.3) is 34.2 Å². The molecular formula is C23H15N5O3. The van der Waals surface area contributed by atoms with Gasteiger partial charge < -0.3 is 15.5 Å². The van der Waals surface area contributed by atoms with E-state index in [0.717, 1.165) is 0 Å². The first-order chi connectivity index (χ1) is 15.1. The number of aromatic nitrogens is 3. The lowest BCUT2D eigenvalue weighted by atomic mass is 10.1. The molecule has 1 amide bonds. The minimum atomic E-state index is -0.0167. The lowest BCUT2D eigenvalue weighted by Gasteiger charge is -2.11. The average molecular weight is 409 g/mol. The predicted molar refractivity (Wildman–Crippen MR) is 114 cm³/mol. The monoisotopic (exact) mass is 409 g/mol. The molecule has 0 atom stereocenters. The number of hydrogen-bond acceptors (Lipinski definition) is 7. The minimum absolute atomic E-state index is 0.0167. The first-order valence-corrected chi connectivity index (χ1v) is 9.17. The Bertz CT molecular complexity index is 1270. The Morgan fingerprint density at radius 1 is 0.806 bits per heavy atom. The van der Waals surface area contributed by atoms with Crippen molar-refractivity contribution in [1.29, 1.82) is 5.26 Å². The van der Waals surface area contributed by atoms with Gasteiger partial charge >= 0.3 is 0 Å². The third kappa shape index (κ3) is 4.02. The highest BCUT2D eigenvalue weighted by atomic mass is 16.3. The van der Waals surface area contributed by atoms with Crippen LogP contribution in [0.2, 0.25) is 0 Å². The van der Waals surface area contributed by atoms with Crippen molar-refractivity contribution in [2.24, 2.45) is 0 Å². The topological polar surface area (TPSA) is 132 Å². The molecule has 0 unspecified atom stereocenters. The summed E-state index contributed by atoms with van der Waals surface area (Å²) in [6.07, 6.45) is 0.508. The second-order valence-corrected chi connectivity index (χ2v) is 6.51. The maximum absolute atomic E-state index is 10.9. The maximum Gasteiger partial charge on any atom is 0.211 e. The molecule has 4 aromatic rings. The second-order valence-electron chi connectivity index (χ2n) is 6.51. The van der Waals surface area contributed by atoms with Crippen LogP contribution in [0.1, 0.15) is 5.56 Å². The van der Waals surface area contributed by atoms with Crippen LogP contribution in [0.5, 0.6) is 11.5 Å². The molecule has 0 bridgehead atoms. The van der Waals surface area contributed by atoms with Gasteiger partial charge in [-0.15, -0.1) is 0 Å². The number of phenols is 2. The smallest absolute Gasteiger partial charge is 0.211 e. The van der Waals surface area contributed by atoms with E-state index in [4.69, 9.17) is 0 Å². The van der Waals surface area contributed by atoms with E-state index >= 15 is 0 Å². The molecule has 0 spiro atoms. The van der Waals surface area contributed by atoms with Crippen LogP contribution >= 0.6 is 0 Å². The van der Waals surface area contributed by atoms with Gasteiger partial charge in [-0.3, -0.25) is 4.79 Å². The lowest BCUT2D eigenvalue weighted by molar-refractivity contribution is -0.105. The minimum Gasteiger partial charge on any atom is -0.507 e. The molecule has 3 N–H and O–H groups in total. The SMILES string of the molecule is N#Cc1cc(NC=O)cc(-c2nc(-c3ccccc3O)nc(-c3ccccc3O)n2)c1. The lowest BCUT2D eigenvalue weighted by Crippen LogP contribution is -2.01. The number of amides is 1. The van der Waals surface area contributed by atoms with E-state index in [0.29, 0.717) is 34.4 Å². The molecule has 8 nitrogen and oxygen atoms in total. The number of nitriles is 1. The Labute approximate surface area is 177 Å². The van der Waals surface area contributed by atoms with Gasteiger partial charge in [-0.2, -0.15) is 5.26 Å². The quantitative estimate of drug-likeness (QED) is 0.428. The van der Waals surface area contributed by atoms with Gasteiger partial charge in [0.2, 0.25) is 6.41 Å². The molecule has 0 aliphatic rings. The molecule has 1 heterocycles. The molecule has 0 saturated heterocycles. The standard InChI is InChI=1S/C23H15N5O3/c24-12-14-9-15(11-16(10-14)25-13-29)21-26-22(17-5-1-3-7-19(17)30)28-23(27-21)18-6-2-4-8-20(18)31/h1-11,13,30-31H,(H,25,29). The van der Waals surface area contributed by atoms with Crippen LogP contribution in [0.15, 0.2) is 66.7 Å². The number of phenolic OH excluding ortho intramolecular Hbond substituents is 2. The van der Waals surface area contributed by atoms with Crippen molar-refractivity contribution >= 4 is 12.1 Å².